The summed E-state index contributed by atoms with van der Waals surface area (Å²) in [4.78, 5) is 14.1. The molecule has 0 saturated heterocycles. The molecule has 122 valence electrons. The lowest BCUT2D eigenvalue weighted by atomic mass is 9.88. The van der Waals surface area contributed by atoms with Crippen LogP contribution in [0.1, 0.15) is 54.9 Å². The molecule has 1 saturated carbocycles. The molecule has 0 bridgehead atoms. The Hall–Kier alpha value is -1.59. The van der Waals surface area contributed by atoms with E-state index in [2.05, 4.69) is 0 Å². The molecule has 0 unspecified atom stereocenters. The SMILES string of the molecule is CC(C)c1ccc(O)c(C(=O)N(C)[C@@H]2CCC[C@@H](O)[C@@H]2O)c1. The van der Waals surface area contributed by atoms with E-state index in [1.54, 1.807) is 19.2 Å². The minimum Gasteiger partial charge on any atom is -0.507 e. The molecular weight excluding hydrogens is 282 g/mol. The number of phenolic OH excluding ortho intramolecular Hbond substituents is 1. The monoisotopic (exact) mass is 307 g/mol. The number of aliphatic hydroxyl groups excluding tert-OH is 2. The van der Waals surface area contributed by atoms with E-state index in [0.29, 0.717) is 12.8 Å². The van der Waals surface area contributed by atoms with Crippen molar-refractivity contribution in [3.8, 4) is 5.75 Å². The quantitative estimate of drug-likeness (QED) is 0.796. The Morgan fingerprint density at radius 2 is 1.95 bits per heavy atom. The first-order chi connectivity index (χ1) is 10.3. The van der Waals surface area contributed by atoms with Gasteiger partial charge >= 0.3 is 0 Å². The Morgan fingerprint density at radius 1 is 1.27 bits per heavy atom. The standard InChI is InChI=1S/C17H25NO4/c1-10(2)11-7-8-14(19)12(9-11)17(22)18(3)13-5-4-6-15(20)16(13)21/h7-10,13,15-16,19-21H,4-6H2,1-3H3/t13-,15-,16-/m1/s1. The van der Waals surface area contributed by atoms with Gasteiger partial charge in [-0.25, -0.2) is 0 Å². The number of amides is 1. The fourth-order valence-electron chi connectivity index (χ4n) is 2.98. The van der Waals surface area contributed by atoms with Gasteiger partial charge in [-0.05, 0) is 42.9 Å². The third-order valence-electron chi connectivity index (χ3n) is 4.52. The van der Waals surface area contributed by atoms with Gasteiger partial charge < -0.3 is 20.2 Å². The number of phenols is 1. The lowest BCUT2D eigenvalue weighted by molar-refractivity contribution is -0.0526. The summed E-state index contributed by atoms with van der Waals surface area (Å²) in [6, 6.07) is 4.60. The van der Waals surface area contributed by atoms with Crippen LogP contribution < -0.4 is 0 Å². The molecule has 1 aliphatic carbocycles. The molecule has 3 N–H and O–H groups in total. The summed E-state index contributed by atoms with van der Waals surface area (Å²) in [5.41, 5.74) is 1.21. The maximum Gasteiger partial charge on any atom is 0.257 e. The van der Waals surface area contributed by atoms with E-state index < -0.39 is 18.2 Å². The highest BCUT2D eigenvalue weighted by atomic mass is 16.3. The number of hydrogen-bond donors (Lipinski definition) is 3. The number of carbonyl (C=O) groups is 1. The van der Waals surface area contributed by atoms with Gasteiger partial charge in [-0.2, -0.15) is 0 Å². The molecule has 1 fully saturated rings. The third kappa shape index (κ3) is 3.25. The van der Waals surface area contributed by atoms with Crippen LogP contribution >= 0.6 is 0 Å². The van der Waals surface area contributed by atoms with Crippen LogP contribution in [0.3, 0.4) is 0 Å². The van der Waals surface area contributed by atoms with Gasteiger partial charge in [0.25, 0.3) is 5.91 Å². The Bertz CT molecular complexity index is 543. The molecule has 1 amide bonds. The van der Waals surface area contributed by atoms with Crippen molar-refractivity contribution in [2.45, 2.75) is 57.3 Å². The van der Waals surface area contributed by atoms with Crippen molar-refractivity contribution in [3.63, 3.8) is 0 Å². The molecule has 0 aromatic heterocycles. The minimum atomic E-state index is -0.946. The molecule has 0 spiro atoms. The van der Waals surface area contributed by atoms with Crippen molar-refractivity contribution in [2.24, 2.45) is 0 Å². The third-order valence-corrected chi connectivity index (χ3v) is 4.52. The van der Waals surface area contributed by atoms with E-state index in [1.165, 1.54) is 11.0 Å². The lowest BCUT2D eigenvalue weighted by Gasteiger charge is -2.37. The summed E-state index contributed by atoms with van der Waals surface area (Å²) < 4.78 is 0. The number of aromatic hydroxyl groups is 1. The smallest absolute Gasteiger partial charge is 0.257 e. The van der Waals surface area contributed by atoms with Gasteiger partial charge in [-0.3, -0.25) is 4.79 Å². The van der Waals surface area contributed by atoms with Crippen molar-refractivity contribution >= 4 is 5.91 Å². The van der Waals surface area contributed by atoms with Gasteiger partial charge in [-0.15, -0.1) is 0 Å². The van der Waals surface area contributed by atoms with Crippen LogP contribution in [0.2, 0.25) is 0 Å². The van der Waals surface area contributed by atoms with Crippen molar-refractivity contribution in [3.05, 3.63) is 29.3 Å². The number of likely N-dealkylation sites (N-methyl/N-ethyl adjacent to an activating group) is 1. The largest absolute Gasteiger partial charge is 0.507 e. The summed E-state index contributed by atoms with van der Waals surface area (Å²) >= 11 is 0. The maximum atomic E-state index is 12.7. The number of hydrogen-bond acceptors (Lipinski definition) is 4. The number of rotatable bonds is 3. The first-order valence-electron chi connectivity index (χ1n) is 7.79. The Morgan fingerprint density at radius 3 is 2.59 bits per heavy atom. The van der Waals surface area contributed by atoms with Crippen LogP contribution in [0, 0.1) is 0 Å². The molecule has 2 rings (SSSR count). The van der Waals surface area contributed by atoms with Gasteiger partial charge in [-0.1, -0.05) is 19.9 Å². The van der Waals surface area contributed by atoms with Crippen LogP contribution in [0.15, 0.2) is 18.2 Å². The summed E-state index contributed by atoms with van der Waals surface area (Å²) in [6.07, 6.45) is 0.208. The average molecular weight is 307 g/mol. The summed E-state index contributed by atoms with van der Waals surface area (Å²) in [5.74, 6) is -0.148. The summed E-state index contributed by atoms with van der Waals surface area (Å²) in [7, 11) is 1.61. The topological polar surface area (TPSA) is 81.0 Å². The zero-order valence-electron chi connectivity index (χ0n) is 13.4. The highest BCUT2D eigenvalue weighted by Crippen LogP contribution is 2.28. The van der Waals surface area contributed by atoms with Crippen molar-refractivity contribution in [1.29, 1.82) is 0 Å². The van der Waals surface area contributed by atoms with Crippen LogP contribution in [0.25, 0.3) is 0 Å². The summed E-state index contributed by atoms with van der Waals surface area (Å²) in [5, 5.41) is 29.9. The zero-order chi connectivity index (χ0) is 16.4. The van der Waals surface area contributed by atoms with Crippen LogP contribution in [-0.4, -0.2) is 51.4 Å². The highest BCUT2D eigenvalue weighted by molar-refractivity contribution is 5.97. The van der Waals surface area contributed by atoms with Gasteiger partial charge in [0.2, 0.25) is 0 Å². The molecule has 22 heavy (non-hydrogen) atoms. The van der Waals surface area contributed by atoms with Crippen molar-refractivity contribution in [1.82, 2.24) is 4.90 Å². The molecule has 5 heteroatoms. The fraction of sp³-hybridized carbons (Fsp3) is 0.588. The predicted molar refractivity (Wildman–Crippen MR) is 83.9 cm³/mol. The molecular formula is C17H25NO4. The molecule has 1 aliphatic rings. The molecule has 0 radical (unpaired) electrons. The van der Waals surface area contributed by atoms with Crippen molar-refractivity contribution in [2.75, 3.05) is 7.05 Å². The van der Waals surface area contributed by atoms with Gasteiger partial charge in [0.05, 0.1) is 17.7 Å². The fourth-order valence-corrected chi connectivity index (χ4v) is 2.98. The average Bonchev–Trinajstić information content (AvgIpc) is 2.49. The van der Waals surface area contributed by atoms with Gasteiger partial charge in [0.1, 0.15) is 11.9 Å². The number of benzene rings is 1. The van der Waals surface area contributed by atoms with Gasteiger partial charge in [0, 0.05) is 7.05 Å². The van der Waals surface area contributed by atoms with Gasteiger partial charge in [0.15, 0.2) is 0 Å². The Labute approximate surface area is 131 Å². The van der Waals surface area contributed by atoms with E-state index >= 15 is 0 Å². The normalized spacial score (nSPS) is 25.3. The Balaban J connectivity index is 2.25. The first-order valence-corrected chi connectivity index (χ1v) is 7.79. The molecule has 1 aromatic carbocycles. The molecule has 0 heterocycles. The molecule has 5 nitrogen and oxygen atoms in total. The second-order valence-corrected chi connectivity index (χ2v) is 6.40. The number of carbonyl (C=O) groups excluding carboxylic acids is 1. The predicted octanol–water partition coefficient (Wildman–Crippen LogP) is 1.86. The second kappa shape index (κ2) is 6.67. The zero-order valence-corrected chi connectivity index (χ0v) is 13.4. The number of aliphatic hydroxyl groups is 2. The molecule has 0 aliphatic heterocycles. The first kappa shape index (κ1) is 16.8. The van der Waals surface area contributed by atoms with Crippen LogP contribution in [0.4, 0.5) is 0 Å². The van der Waals surface area contributed by atoms with Crippen molar-refractivity contribution < 1.29 is 20.1 Å². The second-order valence-electron chi connectivity index (χ2n) is 6.40. The van der Waals surface area contributed by atoms with Crippen LogP contribution in [-0.2, 0) is 0 Å². The maximum absolute atomic E-state index is 12.7. The minimum absolute atomic E-state index is 0.0629. The summed E-state index contributed by atoms with van der Waals surface area (Å²) in [6.45, 7) is 4.04. The van der Waals surface area contributed by atoms with E-state index in [-0.39, 0.29) is 23.1 Å². The Kier molecular flexibility index (Phi) is 5.08. The van der Waals surface area contributed by atoms with E-state index in [1.807, 2.05) is 13.8 Å². The lowest BCUT2D eigenvalue weighted by Crippen LogP contribution is -2.51. The van der Waals surface area contributed by atoms with E-state index in [0.717, 1.165) is 12.0 Å². The van der Waals surface area contributed by atoms with E-state index in [4.69, 9.17) is 0 Å². The van der Waals surface area contributed by atoms with E-state index in [9.17, 15) is 20.1 Å². The molecule has 3 atom stereocenters. The molecule has 1 aromatic rings. The highest BCUT2D eigenvalue weighted by Gasteiger charge is 2.35. The number of nitrogens with zero attached hydrogens (tertiary/aromatic N) is 1. The van der Waals surface area contributed by atoms with Crippen LogP contribution in [0.5, 0.6) is 5.75 Å².